The number of hydrogen-bond acceptors (Lipinski definition) is 6. The van der Waals surface area contributed by atoms with Crippen molar-refractivity contribution in [2.75, 3.05) is 6.54 Å². The molecule has 1 saturated heterocycles. The first-order chi connectivity index (χ1) is 15.0. The Morgan fingerprint density at radius 3 is 2.77 bits per heavy atom. The van der Waals surface area contributed by atoms with E-state index in [0.717, 1.165) is 30.2 Å². The monoisotopic (exact) mass is 435 g/mol. The summed E-state index contributed by atoms with van der Waals surface area (Å²) in [6, 6.07) is 14.5. The van der Waals surface area contributed by atoms with Gasteiger partial charge in [0.25, 0.3) is 11.6 Å². The molecule has 9 heteroatoms. The molecular weight excluding hydrogens is 414 g/mol. The van der Waals surface area contributed by atoms with Gasteiger partial charge in [0.05, 0.1) is 15.9 Å². The van der Waals surface area contributed by atoms with Crippen LogP contribution in [0.15, 0.2) is 71.0 Å². The number of rotatable bonds is 6. The molecule has 4 rings (SSSR count). The van der Waals surface area contributed by atoms with Crippen LogP contribution in [0, 0.1) is 10.1 Å². The van der Waals surface area contributed by atoms with Gasteiger partial charge >= 0.3 is 0 Å². The number of carbonyl (C=O) groups is 1. The van der Waals surface area contributed by atoms with E-state index in [2.05, 4.69) is 10.2 Å². The Labute approximate surface area is 183 Å². The van der Waals surface area contributed by atoms with Gasteiger partial charge in [0.1, 0.15) is 6.33 Å². The minimum absolute atomic E-state index is 0.0283. The Balaban J connectivity index is 1.56. The van der Waals surface area contributed by atoms with Crippen molar-refractivity contribution in [2.24, 2.45) is 7.05 Å². The van der Waals surface area contributed by atoms with Gasteiger partial charge in [-0.05, 0) is 42.3 Å². The number of benzene rings is 2. The molecule has 31 heavy (non-hydrogen) atoms. The number of nitro groups is 1. The Kier molecular flexibility index (Phi) is 6.13. The summed E-state index contributed by atoms with van der Waals surface area (Å²) in [5, 5.41) is 20.0. The fourth-order valence-corrected chi connectivity index (χ4v) is 4.39. The number of likely N-dealkylation sites (tertiary alicyclic amines) is 1. The molecule has 1 amide bonds. The van der Waals surface area contributed by atoms with Crippen molar-refractivity contribution in [3.8, 4) is 0 Å². The topological polar surface area (TPSA) is 94.2 Å². The molecule has 1 fully saturated rings. The number of nitro benzene ring substituents is 1. The lowest BCUT2D eigenvalue weighted by Gasteiger charge is -2.22. The van der Waals surface area contributed by atoms with Crippen LogP contribution in [0.2, 0.25) is 0 Å². The molecule has 2 aromatic carbocycles. The molecule has 158 valence electrons. The van der Waals surface area contributed by atoms with E-state index in [1.54, 1.807) is 28.6 Å². The smallest absolute Gasteiger partial charge is 0.284 e. The van der Waals surface area contributed by atoms with E-state index in [9.17, 15) is 14.9 Å². The highest BCUT2D eigenvalue weighted by atomic mass is 32.2. The van der Waals surface area contributed by atoms with Crippen molar-refractivity contribution in [3.05, 3.63) is 82.2 Å². The van der Waals surface area contributed by atoms with E-state index in [4.69, 9.17) is 0 Å². The largest absolute Gasteiger partial charge is 0.332 e. The third kappa shape index (κ3) is 4.66. The van der Waals surface area contributed by atoms with Crippen LogP contribution in [0.4, 0.5) is 5.69 Å². The predicted molar refractivity (Wildman–Crippen MR) is 118 cm³/mol. The van der Waals surface area contributed by atoms with Gasteiger partial charge in [-0.25, -0.2) is 0 Å². The van der Waals surface area contributed by atoms with E-state index >= 15 is 0 Å². The average Bonchev–Trinajstić information content (AvgIpc) is 3.41. The molecule has 1 atom stereocenters. The molecule has 0 spiro atoms. The summed E-state index contributed by atoms with van der Waals surface area (Å²) in [6.45, 7) is 0.631. The zero-order chi connectivity index (χ0) is 21.8. The lowest BCUT2D eigenvalue weighted by molar-refractivity contribution is -0.387. The van der Waals surface area contributed by atoms with Gasteiger partial charge in [0.15, 0.2) is 5.16 Å². The maximum absolute atomic E-state index is 13.2. The fourth-order valence-electron chi connectivity index (χ4n) is 3.54. The van der Waals surface area contributed by atoms with Crippen molar-refractivity contribution in [2.45, 2.75) is 28.9 Å². The summed E-state index contributed by atoms with van der Waals surface area (Å²) in [4.78, 5) is 26.6. The Bertz CT molecular complexity index is 1130. The molecule has 1 aliphatic heterocycles. The highest BCUT2D eigenvalue weighted by Gasteiger charge is 2.29. The minimum Gasteiger partial charge on any atom is -0.332 e. The molecule has 0 aliphatic carbocycles. The first kappa shape index (κ1) is 20.8. The lowest BCUT2D eigenvalue weighted by atomic mass is 10.1. The van der Waals surface area contributed by atoms with E-state index in [-0.39, 0.29) is 17.6 Å². The van der Waals surface area contributed by atoms with Gasteiger partial charge < -0.3 is 9.47 Å². The van der Waals surface area contributed by atoms with E-state index < -0.39 is 4.92 Å². The normalized spacial score (nSPS) is 16.2. The Morgan fingerprint density at radius 1 is 1.26 bits per heavy atom. The molecule has 0 bridgehead atoms. The van der Waals surface area contributed by atoms with Crippen LogP contribution >= 0.6 is 11.8 Å². The van der Waals surface area contributed by atoms with Gasteiger partial charge in [0, 0.05) is 25.2 Å². The molecular formula is C22H21N5O3S. The fraction of sp³-hybridized carbons (Fsp3) is 0.227. The summed E-state index contributed by atoms with van der Waals surface area (Å²) in [5.74, 6) is -0.196. The third-order valence-corrected chi connectivity index (χ3v) is 6.26. The summed E-state index contributed by atoms with van der Waals surface area (Å²) < 4.78 is 1.68. The van der Waals surface area contributed by atoms with Gasteiger partial charge in [-0.1, -0.05) is 42.5 Å². The van der Waals surface area contributed by atoms with Crippen LogP contribution in [0.25, 0.3) is 6.08 Å². The first-order valence-corrected chi connectivity index (χ1v) is 10.7. The third-order valence-electron chi connectivity index (χ3n) is 5.14. The number of aryl methyl sites for hydroxylation is 1. The number of amides is 1. The maximum atomic E-state index is 13.2. The summed E-state index contributed by atoms with van der Waals surface area (Å²) in [7, 11) is 1.77. The van der Waals surface area contributed by atoms with Crippen LogP contribution in [0.5, 0.6) is 0 Å². The van der Waals surface area contributed by atoms with Gasteiger partial charge in [-0.3, -0.25) is 14.9 Å². The van der Waals surface area contributed by atoms with E-state index in [0.29, 0.717) is 22.2 Å². The molecule has 0 saturated carbocycles. The lowest BCUT2D eigenvalue weighted by Crippen LogP contribution is -2.34. The number of nitrogens with zero attached hydrogens (tertiary/aromatic N) is 5. The van der Waals surface area contributed by atoms with E-state index in [1.807, 2.05) is 42.5 Å². The highest BCUT2D eigenvalue weighted by Crippen LogP contribution is 2.35. The quantitative estimate of drug-likeness (QED) is 0.426. The average molecular weight is 436 g/mol. The van der Waals surface area contributed by atoms with Crippen LogP contribution in [-0.4, -0.2) is 43.1 Å². The molecule has 0 N–H and O–H groups in total. The second kappa shape index (κ2) is 9.13. The van der Waals surface area contributed by atoms with Crippen LogP contribution in [0.3, 0.4) is 0 Å². The van der Waals surface area contributed by atoms with Gasteiger partial charge in [-0.15, -0.1) is 10.2 Å². The van der Waals surface area contributed by atoms with Crippen LogP contribution < -0.4 is 0 Å². The maximum Gasteiger partial charge on any atom is 0.284 e. The van der Waals surface area contributed by atoms with Crippen LogP contribution in [-0.2, 0) is 7.05 Å². The summed E-state index contributed by atoms with van der Waals surface area (Å²) >= 11 is 1.15. The van der Waals surface area contributed by atoms with E-state index in [1.165, 1.54) is 12.4 Å². The predicted octanol–water partition coefficient (Wildman–Crippen LogP) is 4.19. The molecule has 0 radical (unpaired) electrons. The molecule has 8 nitrogen and oxygen atoms in total. The number of carbonyl (C=O) groups excluding carboxylic acids is 1. The Hall–Kier alpha value is -3.46. The van der Waals surface area contributed by atoms with Crippen molar-refractivity contribution >= 4 is 29.4 Å². The second-order valence-corrected chi connectivity index (χ2v) is 8.25. The van der Waals surface area contributed by atoms with Crippen molar-refractivity contribution in [1.29, 1.82) is 0 Å². The van der Waals surface area contributed by atoms with Gasteiger partial charge in [0.2, 0.25) is 0 Å². The van der Waals surface area contributed by atoms with Gasteiger partial charge in [-0.2, -0.15) is 0 Å². The number of aromatic nitrogens is 3. The van der Waals surface area contributed by atoms with Crippen molar-refractivity contribution in [1.82, 2.24) is 19.7 Å². The summed E-state index contributed by atoms with van der Waals surface area (Å²) in [6.07, 6.45) is 7.35. The summed E-state index contributed by atoms with van der Waals surface area (Å²) in [5.41, 5.74) is 1.27. The van der Waals surface area contributed by atoms with Crippen LogP contribution in [0.1, 0.15) is 28.8 Å². The molecule has 1 unspecified atom stereocenters. The molecule has 2 heterocycles. The first-order valence-electron chi connectivity index (χ1n) is 9.87. The highest BCUT2D eigenvalue weighted by molar-refractivity contribution is 7.99. The zero-order valence-corrected chi connectivity index (χ0v) is 17.7. The van der Waals surface area contributed by atoms with Crippen molar-refractivity contribution in [3.63, 3.8) is 0 Å². The Morgan fingerprint density at radius 2 is 2.06 bits per heavy atom. The molecule has 1 aliphatic rings. The standard InChI is InChI=1S/C22H21N5O3S/c1-25-15-23-24-22(25)31-20-12-10-17(14-19(20)27(29)30)21(28)26-13-5-8-18(26)11-9-16-6-3-2-4-7-16/h2-4,6-7,9-12,14-15,18H,5,8,13H2,1H3/b11-9+. The molecule has 1 aromatic heterocycles. The zero-order valence-electron chi connectivity index (χ0n) is 16.9. The molecule has 3 aromatic rings. The SMILES string of the molecule is Cn1cnnc1Sc1ccc(C(=O)N2CCCC2/C=C/c2ccccc2)cc1[N+](=O)[O-]. The number of hydrogen-bond donors (Lipinski definition) is 0. The minimum atomic E-state index is -0.466. The van der Waals surface area contributed by atoms with Crippen molar-refractivity contribution < 1.29 is 9.72 Å². The second-order valence-electron chi connectivity index (χ2n) is 7.24.